The molecular weight excluding hydrogens is 200 g/mol. The highest BCUT2D eigenvalue weighted by Gasteiger charge is 2.18. The minimum atomic E-state index is -1.31. The highest BCUT2D eigenvalue weighted by molar-refractivity contribution is 7.84. The summed E-state index contributed by atoms with van der Waals surface area (Å²) in [5.41, 5.74) is 0.118. The Morgan fingerprint density at radius 1 is 1.21 bits per heavy atom. The van der Waals surface area contributed by atoms with E-state index in [0.717, 1.165) is 0 Å². The van der Waals surface area contributed by atoms with Gasteiger partial charge in [0.25, 0.3) is 0 Å². The topological polar surface area (TPSA) is 47.3 Å². The molecule has 0 saturated heterocycles. The first-order valence-corrected chi connectivity index (χ1v) is 5.61. The van der Waals surface area contributed by atoms with Crippen molar-refractivity contribution in [1.82, 2.24) is 0 Å². The van der Waals surface area contributed by atoms with E-state index in [-0.39, 0.29) is 4.90 Å². The third kappa shape index (κ3) is 1.37. The molecule has 0 saturated carbocycles. The minimum absolute atomic E-state index is 0.246. The van der Waals surface area contributed by atoms with Gasteiger partial charge in [-0.3, -0.25) is 4.21 Å². The van der Waals surface area contributed by atoms with Crippen LogP contribution in [0.3, 0.4) is 0 Å². The summed E-state index contributed by atoms with van der Waals surface area (Å²) in [7, 11) is -1.31. The van der Waals surface area contributed by atoms with Crippen molar-refractivity contribution in [2.75, 3.05) is 6.26 Å². The molecule has 14 heavy (non-hydrogen) atoms. The van der Waals surface area contributed by atoms with Crippen LogP contribution >= 0.6 is 0 Å². The predicted molar refractivity (Wildman–Crippen MR) is 53.9 cm³/mol. The molecule has 0 aromatic rings. The lowest BCUT2D eigenvalue weighted by molar-refractivity contribution is 0.536. The fourth-order valence-corrected chi connectivity index (χ4v) is 2.09. The summed E-state index contributed by atoms with van der Waals surface area (Å²) in [5, 5.41) is 0. The van der Waals surface area contributed by atoms with E-state index in [4.69, 9.17) is 4.42 Å². The summed E-state index contributed by atoms with van der Waals surface area (Å²) in [6.07, 6.45) is 1.47. The van der Waals surface area contributed by atoms with Crippen molar-refractivity contribution in [2.24, 2.45) is 0 Å². The van der Waals surface area contributed by atoms with Gasteiger partial charge >= 0.3 is 5.63 Å². The van der Waals surface area contributed by atoms with Crippen LogP contribution in [0.15, 0.2) is 44.4 Å². The molecule has 2 rings (SSSR count). The Hall–Kier alpha value is -1.42. The van der Waals surface area contributed by atoms with Crippen LogP contribution in [-0.4, -0.2) is 10.5 Å². The molecule has 1 heterocycles. The molecule has 4 heteroatoms. The van der Waals surface area contributed by atoms with Crippen molar-refractivity contribution < 1.29 is 8.63 Å². The molecule has 1 atom stereocenters. The van der Waals surface area contributed by atoms with Gasteiger partial charge < -0.3 is 4.42 Å². The van der Waals surface area contributed by atoms with E-state index in [1.807, 2.05) is 6.07 Å². The lowest BCUT2D eigenvalue weighted by atomic mass is 10.2. The number of hydrogen-bond acceptors (Lipinski definition) is 3. The third-order valence-electron chi connectivity index (χ3n) is 1.92. The first-order valence-electron chi connectivity index (χ1n) is 4.05. The van der Waals surface area contributed by atoms with E-state index in [1.165, 1.54) is 6.26 Å². The van der Waals surface area contributed by atoms with E-state index in [1.54, 1.807) is 24.3 Å². The number of rotatable bonds is 1. The summed E-state index contributed by atoms with van der Waals surface area (Å²) in [4.78, 5) is 11.6. The van der Waals surface area contributed by atoms with Crippen molar-refractivity contribution in [2.45, 2.75) is 4.90 Å². The molecule has 1 aliphatic heterocycles. The van der Waals surface area contributed by atoms with Crippen molar-refractivity contribution >= 4 is 10.8 Å². The maximum absolute atomic E-state index is 11.3. The van der Waals surface area contributed by atoms with Crippen LogP contribution in [0, 0.1) is 0 Å². The minimum Gasteiger partial charge on any atom is -0.422 e. The maximum Gasteiger partial charge on any atom is 0.353 e. The molecular formula is C10H8O3S. The molecule has 0 fully saturated rings. The van der Waals surface area contributed by atoms with Crippen LogP contribution in [0.25, 0.3) is 11.3 Å². The quantitative estimate of drug-likeness (QED) is 0.713. The molecule has 0 amide bonds. The summed E-state index contributed by atoms with van der Waals surface area (Å²) in [6, 6.07) is 8.80. The average Bonchev–Trinajstić information content (AvgIpc) is 2.31. The van der Waals surface area contributed by atoms with Gasteiger partial charge in [0.15, 0.2) is 0 Å². The lowest BCUT2D eigenvalue weighted by Crippen LogP contribution is -2.02. The summed E-state index contributed by atoms with van der Waals surface area (Å²) in [6.45, 7) is 0. The standard InChI is InChI=1S/C10H8O3S/c1-14(12)9-7-5-3-2-4-6-8(7)13-10(9)11/h2-6H,1H3. The molecule has 0 radical (unpaired) electrons. The molecule has 1 unspecified atom stereocenters. The third-order valence-corrected chi connectivity index (χ3v) is 2.88. The van der Waals surface area contributed by atoms with Gasteiger partial charge in [0.2, 0.25) is 0 Å². The summed E-state index contributed by atoms with van der Waals surface area (Å²) in [5.74, 6) is 0.477. The highest BCUT2D eigenvalue weighted by Crippen LogP contribution is 2.24. The SMILES string of the molecule is CS(=O)c1c2cccccc-2oc1=O. The van der Waals surface area contributed by atoms with E-state index in [0.29, 0.717) is 11.3 Å². The van der Waals surface area contributed by atoms with E-state index < -0.39 is 16.4 Å². The van der Waals surface area contributed by atoms with Gasteiger partial charge in [0, 0.05) is 11.8 Å². The van der Waals surface area contributed by atoms with Crippen LogP contribution in [0.2, 0.25) is 0 Å². The molecule has 0 aromatic carbocycles. The highest BCUT2D eigenvalue weighted by atomic mass is 32.2. The Balaban J connectivity index is 2.84. The monoisotopic (exact) mass is 208 g/mol. The van der Waals surface area contributed by atoms with Crippen molar-refractivity contribution in [3.8, 4) is 11.3 Å². The first-order chi connectivity index (χ1) is 6.70. The Morgan fingerprint density at radius 3 is 2.64 bits per heavy atom. The normalized spacial score (nSPS) is 12.9. The zero-order chi connectivity index (χ0) is 10.1. The number of fused-ring (bicyclic) bond motifs is 1. The molecule has 0 spiro atoms. The van der Waals surface area contributed by atoms with Crippen molar-refractivity contribution in [3.63, 3.8) is 0 Å². The zero-order valence-electron chi connectivity index (χ0n) is 7.52. The molecule has 0 aromatic heterocycles. The van der Waals surface area contributed by atoms with Crippen LogP contribution in [0.5, 0.6) is 0 Å². The lowest BCUT2D eigenvalue weighted by Gasteiger charge is -1.90. The van der Waals surface area contributed by atoms with E-state index in [9.17, 15) is 9.00 Å². The van der Waals surface area contributed by atoms with Crippen molar-refractivity contribution in [1.29, 1.82) is 0 Å². The van der Waals surface area contributed by atoms with Gasteiger partial charge in [0.1, 0.15) is 10.7 Å². The maximum atomic E-state index is 11.3. The Morgan fingerprint density at radius 2 is 1.93 bits per heavy atom. The molecule has 1 aliphatic carbocycles. The Kier molecular flexibility index (Phi) is 2.21. The van der Waals surface area contributed by atoms with Gasteiger partial charge in [-0.15, -0.1) is 0 Å². The second kappa shape index (κ2) is 3.38. The predicted octanol–water partition coefficient (Wildman–Crippen LogP) is 1.48. The van der Waals surface area contributed by atoms with Crippen LogP contribution < -0.4 is 5.63 Å². The Labute approximate surface area is 83.2 Å². The van der Waals surface area contributed by atoms with Gasteiger partial charge in [-0.25, -0.2) is 4.79 Å². The van der Waals surface area contributed by atoms with E-state index >= 15 is 0 Å². The molecule has 2 aliphatic rings. The van der Waals surface area contributed by atoms with E-state index in [2.05, 4.69) is 0 Å². The molecule has 3 nitrogen and oxygen atoms in total. The van der Waals surface area contributed by atoms with Gasteiger partial charge in [-0.1, -0.05) is 18.2 Å². The molecule has 72 valence electrons. The van der Waals surface area contributed by atoms with Gasteiger partial charge in [-0.2, -0.15) is 0 Å². The number of furan rings is 1. The zero-order valence-corrected chi connectivity index (χ0v) is 8.34. The Bertz CT molecular complexity index is 515. The average molecular weight is 208 g/mol. The summed E-state index contributed by atoms with van der Waals surface area (Å²) < 4.78 is 16.3. The summed E-state index contributed by atoms with van der Waals surface area (Å²) >= 11 is 0. The largest absolute Gasteiger partial charge is 0.422 e. The fraction of sp³-hybridized carbons (Fsp3) is 0.100. The second-order valence-electron chi connectivity index (χ2n) is 2.86. The molecule has 0 N–H and O–H groups in total. The van der Waals surface area contributed by atoms with Crippen LogP contribution in [-0.2, 0) is 10.8 Å². The van der Waals surface area contributed by atoms with Crippen LogP contribution in [0.4, 0.5) is 0 Å². The van der Waals surface area contributed by atoms with Gasteiger partial charge in [0.05, 0.1) is 10.8 Å². The van der Waals surface area contributed by atoms with Gasteiger partial charge in [-0.05, 0) is 12.1 Å². The first kappa shape index (κ1) is 9.15. The second-order valence-corrected chi connectivity index (χ2v) is 4.18. The van der Waals surface area contributed by atoms with Crippen molar-refractivity contribution in [3.05, 3.63) is 40.8 Å². The molecule has 0 bridgehead atoms. The smallest absolute Gasteiger partial charge is 0.353 e. The number of hydrogen-bond donors (Lipinski definition) is 0. The van der Waals surface area contributed by atoms with Crippen LogP contribution in [0.1, 0.15) is 0 Å². The fourth-order valence-electron chi connectivity index (χ4n) is 1.34.